The summed E-state index contributed by atoms with van der Waals surface area (Å²) in [5, 5.41) is 0. The van der Waals surface area contributed by atoms with Crippen LogP contribution in [0.1, 0.15) is 36.8 Å². The van der Waals surface area contributed by atoms with Crippen LogP contribution in [0.5, 0.6) is 5.75 Å². The van der Waals surface area contributed by atoms with Crippen molar-refractivity contribution < 1.29 is 22.6 Å². The second kappa shape index (κ2) is 7.08. The number of rotatable bonds is 3. The fourth-order valence-electron chi connectivity index (χ4n) is 3.63. The van der Waals surface area contributed by atoms with E-state index in [9.17, 15) is 13.2 Å². The average molecular weight is 377 g/mol. The number of alkyl halides is 3. The highest BCUT2D eigenvalue weighted by Crippen LogP contribution is 2.43. The summed E-state index contributed by atoms with van der Waals surface area (Å²) < 4.78 is 47.8. The lowest BCUT2D eigenvalue weighted by Gasteiger charge is -2.32. The number of ether oxygens (including phenoxy) is 2. The molecule has 0 radical (unpaired) electrons. The maximum absolute atomic E-state index is 12.6. The second-order valence-electron chi connectivity index (χ2n) is 7.24. The highest BCUT2D eigenvalue weighted by molar-refractivity contribution is 5.69. The SMILES string of the molecule is CC1Cc2ccc(C3CC3)cc2N(c2cccc(OC(F)(F)F)c2)CCO1. The maximum Gasteiger partial charge on any atom is 0.573 e. The van der Waals surface area contributed by atoms with E-state index in [4.69, 9.17) is 4.74 Å². The van der Waals surface area contributed by atoms with Gasteiger partial charge >= 0.3 is 6.36 Å². The standard InChI is InChI=1S/C21H22F3NO2/c1-14-11-17-8-7-16(15-5-6-15)12-20(17)25(9-10-26-14)18-3-2-4-19(13-18)27-21(22,23)24/h2-4,7-8,12-15H,5-6,9-11H2,1H3. The summed E-state index contributed by atoms with van der Waals surface area (Å²) in [4.78, 5) is 2.04. The Hall–Kier alpha value is -2.21. The molecular weight excluding hydrogens is 355 g/mol. The van der Waals surface area contributed by atoms with Gasteiger partial charge in [0.15, 0.2) is 0 Å². The molecule has 0 bridgehead atoms. The molecule has 0 aromatic heterocycles. The van der Waals surface area contributed by atoms with Crippen molar-refractivity contribution in [3.63, 3.8) is 0 Å². The minimum atomic E-state index is -4.70. The number of hydrogen-bond donors (Lipinski definition) is 0. The zero-order chi connectivity index (χ0) is 19.0. The molecule has 6 heteroatoms. The second-order valence-corrected chi connectivity index (χ2v) is 7.24. The number of anilines is 2. The first-order valence-corrected chi connectivity index (χ1v) is 9.27. The maximum atomic E-state index is 12.6. The van der Waals surface area contributed by atoms with Crippen LogP contribution < -0.4 is 9.64 Å². The van der Waals surface area contributed by atoms with Crippen molar-refractivity contribution in [3.8, 4) is 5.75 Å². The number of hydrogen-bond acceptors (Lipinski definition) is 3. The largest absolute Gasteiger partial charge is 0.573 e. The van der Waals surface area contributed by atoms with Crippen LogP contribution in [-0.2, 0) is 11.2 Å². The van der Waals surface area contributed by atoms with Gasteiger partial charge in [0.1, 0.15) is 5.75 Å². The van der Waals surface area contributed by atoms with Crippen LogP contribution in [0.15, 0.2) is 42.5 Å². The summed E-state index contributed by atoms with van der Waals surface area (Å²) in [7, 11) is 0. The van der Waals surface area contributed by atoms with Gasteiger partial charge in [-0.05, 0) is 55.0 Å². The Labute approximate surface area is 156 Å². The Morgan fingerprint density at radius 2 is 1.93 bits per heavy atom. The molecule has 4 rings (SSSR count). The Morgan fingerprint density at radius 1 is 1.11 bits per heavy atom. The van der Waals surface area contributed by atoms with Crippen molar-refractivity contribution in [2.45, 2.75) is 44.6 Å². The molecule has 1 atom stereocenters. The first kappa shape index (κ1) is 18.2. The number of nitrogens with zero attached hydrogens (tertiary/aromatic N) is 1. The number of fused-ring (bicyclic) bond motifs is 1. The van der Waals surface area contributed by atoms with E-state index in [-0.39, 0.29) is 11.9 Å². The van der Waals surface area contributed by atoms with Gasteiger partial charge in [0.05, 0.1) is 12.7 Å². The quantitative estimate of drug-likeness (QED) is 0.699. The van der Waals surface area contributed by atoms with Gasteiger partial charge in [-0.25, -0.2) is 0 Å². The summed E-state index contributed by atoms with van der Waals surface area (Å²) in [6.07, 6.45) is -1.42. The van der Waals surface area contributed by atoms with E-state index in [0.29, 0.717) is 24.8 Å². The highest BCUT2D eigenvalue weighted by atomic mass is 19.4. The van der Waals surface area contributed by atoms with E-state index in [1.54, 1.807) is 6.07 Å². The lowest BCUT2D eigenvalue weighted by atomic mass is 9.99. The Bertz CT molecular complexity index is 817. The zero-order valence-electron chi connectivity index (χ0n) is 15.1. The normalized spacial score (nSPS) is 20.6. The first-order valence-electron chi connectivity index (χ1n) is 9.27. The van der Waals surface area contributed by atoms with Crippen molar-refractivity contribution in [3.05, 3.63) is 53.6 Å². The van der Waals surface area contributed by atoms with E-state index >= 15 is 0 Å². The minimum absolute atomic E-state index is 0.109. The zero-order valence-corrected chi connectivity index (χ0v) is 15.1. The van der Waals surface area contributed by atoms with Gasteiger partial charge in [0.2, 0.25) is 0 Å². The van der Waals surface area contributed by atoms with Crippen LogP contribution >= 0.6 is 0 Å². The van der Waals surface area contributed by atoms with Crippen LogP contribution in [0.2, 0.25) is 0 Å². The Morgan fingerprint density at radius 3 is 2.67 bits per heavy atom. The summed E-state index contributed by atoms with van der Waals surface area (Å²) in [5.41, 5.74) is 4.17. The van der Waals surface area contributed by atoms with Crippen LogP contribution in [0.3, 0.4) is 0 Å². The number of benzene rings is 2. The lowest BCUT2D eigenvalue weighted by molar-refractivity contribution is -0.274. The van der Waals surface area contributed by atoms with E-state index in [0.717, 1.165) is 17.7 Å². The van der Waals surface area contributed by atoms with E-state index in [2.05, 4.69) is 22.9 Å². The third-order valence-corrected chi connectivity index (χ3v) is 5.04. The van der Waals surface area contributed by atoms with Crippen molar-refractivity contribution in [1.82, 2.24) is 0 Å². The van der Waals surface area contributed by atoms with Crippen LogP contribution in [0.4, 0.5) is 24.5 Å². The molecule has 1 aliphatic carbocycles. The summed E-state index contributed by atoms with van der Waals surface area (Å²) in [6, 6.07) is 12.7. The predicted octanol–water partition coefficient (Wildman–Crippen LogP) is 5.56. The first-order chi connectivity index (χ1) is 12.9. The smallest absolute Gasteiger partial charge is 0.406 e. The molecular formula is C21H22F3NO2. The van der Waals surface area contributed by atoms with Gasteiger partial charge in [0, 0.05) is 30.4 Å². The van der Waals surface area contributed by atoms with Crippen molar-refractivity contribution >= 4 is 11.4 Å². The summed E-state index contributed by atoms with van der Waals surface area (Å²) in [5.74, 6) is 0.396. The molecule has 1 fully saturated rings. The van der Waals surface area contributed by atoms with Crippen molar-refractivity contribution in [1.29, 1.82) is 0 Å². The Kier molecular flexibility index (Phi) is 4.76. The molecule has 1 aliphatic heterocycles. The highest BCUT2D eigenvalue weighted by Gasteiger charge is 2.31. The lowest BCUT2D eigenvalue weighted by Crippen LogP contribution is -2.29. The van der Waals surface area contributed by atoms with Gasteiger partial charge in [-0.1, -0.05) is 18.2 Å². The van der Waals surface area contributed by atoms with E-state index < -0.39 is 6.36 Å². The van der Waals surface area contributed by atoms with Crippen molar-refractivity contribution in [2.24, 2.45) is 0 Å². The molecule has 27 heavy (non-hydrogen) atoms. The van der Waals surface area contributed by atoms with Gasteiger partial charge in [-0.2, -0.15) is 0 Å². The van der Waals surface area contributed by atoms with Gasteiger partial charge in [0.25, 0.3) is 0 Å². The molecule has 0 N–H and O–H groups in total. The fraction of sp³-hybridized carbons (Fsp3) is 0.429. The molecule has 2 aliphatic rings. The average Bonchev–Trinajstić information content (AvgIpc) is 3.41. The molecule has 3 nitrogen and oxygen atoms in total. The van der Waals surface area contributed by atoms with E-state index in [1.165, 1.54) is 30.5 Å². The predicted molar refractivity (Wildman–Crippen MR) is 97.7 cm³/mol. The summed E-state index contributed by atoms with van der Waals surface area (Å²) >= 11 is 0. The summed E-state index contributed by atoms with van der Waals surface area (Å²) in [6.45, 7) is 3.13. The molecule has 2 aromatic rings. The molecule has 144 valence electrons. The monoisotopic (exact) mass is 377 g/mol. The van der Waals surface area contributed by atoms with Crippen LogP contribution in [-0.4, -0.2) is 25.6 Å². The number of halogens is 3. The third-order valence-electron chi connectivity index (χ3n) is 5.04. The topological polar surface area (TPSA) is 21.7 Å². The van der Waals surface area contributed by atoms with Crippen LogP contribution in [0.25, 0.3) is 0 Å². The molecule has 1 heterocycles. The fourth-order valence-corrected chi connectivity index (χ4v) is 3.63. The molecule has 1 unspecified atom stereocenters. The van der Waals surface area contributed by atoms with Gasteiger partial charge < -0.3 is 14.4 Å². The van der Waals surface area contributed by atoms with Crippen molar-refractivity contribution in [2.75, 3.05) is 18.1 Å². The van der Waals surface area contributed by atoms with Gasteiger partial charge in [-0.15, -0.1) is 13.2 Å². The third kappa shape index (κ3) is 4.38. The van der Waals surface area contributed by atoms with Crippen LogP contribution in [0, 0.1) is 0 Å². The molecule has 1 saturated carbocycles. The van der Waals surface area contributed by atoms with E-state index in [1.807, 2.05) is 17.9 Å². The Balaban J connectivity index is 1.73. The molecule has 2 aromatic carbocycles. The van der Waals surface area contributed by atoms with Gasteiger partial charge in [-0.3, -0.25) is 0 Å². The molecule has 0 amide bonds. The molecule has 0 saturated heterocycles. The molecule has 0 spiro atoms. The minimum Gasteiger partial charge on any atom is -0.406 e.